The molecule has 5 nitrogen and oxygen atoms in total. The highest BCUT2D eigenvalue weighted by atomic mass is 16.2. The summed E-state index contributed by atoms with van der Waals surface area (Å²) in [7, 11) is 3.27. The van der Waals surface area contributed by atoms with Crippen molar-refractivity contribution in [3.8, 4) is 0 Å². The summed E-state index contributed by atoms with van der Waals surface area (Å²) in [6.45, 7) is 0. The maximum atomic E-state index is 11.4. The molecule has 0 atom stereocenters. The van der Waals surface area contributed by atoms with Crippen molar-refractivity contribution in [1.82, 2.24) is 9.88 Å². The molecule has 0 saturated heterocycles. The highest BCUT2D eigenvalue weighted by Crippen LogP contribution is 2.07. The van der Waals surface area contributed by atoms with Gasteiger partial charge in [0, 0.05) is 26.0 Å². The van der Waals surface area contributed by atoms with Gasteiger partial charge in [-0.1, -0.05) is 0 Å². The molecule has 1 aromatic heterocycles. The maximum absolute atomic E-state index is 11.4. The number of nitrogens with one attached hydrogen (secondary N) is 1. The summed E-state index contributed by atoms with van der Waals surface area (Å²) in [5, 5.41) is 2.33. The average Bonchev–Trinajstić information content (AvgIpc) is 2.17. The minimum Gasteiger partial charge on any atom is -0.343 e. The van der Waals surface area contributed by atoms with Crippen LogP contribution in [0.25, 0.3) is 0 Å². The van der Waals surface area contributed by atoms with Crippen molar-refractivity contribution in [3.05, 3.63) is 24.0 Å². The van der Waals surface area contributed by atoms with Gasteiger partial charge in [-0.15, -0.1) is 0 Å². The first-order valence-electron chi connectivity index (χ1n) is 3.96. The summed E-state index contributed by atoms with van der Waals surface area (Å²) >= 11 is 0. The first-order valence-corrected chi connectivity index (χ1v) is 3.96. The average molecular weight is 192 g/mol. The van der Waals surface area contributed by atoms with Gasteiger partial charge in [-0.05, 0) is 12.1 Å². The van der Waals surface area contributed by atoms with Crippen LogP contribution in [0.4, 0.5) is 5.69 Å². The molecule has 2 amide bonds. The van der Waals surface area contributed by atoms with Crippen LogP contribution < -0.4 is 5.32 Å². The molecule has 1 heterocycles. The Morgan fingerprint density at radius 2 is 2.29 bits per heavy atom. The second kappa shape index (κ2) is 4.36. The monoisotopic (exact) mass is 192 g/mol. The first-order chi connectivity index (χ1) is 6.65. The molecule has 1 aromatic rings. The van der Waals surface area contributed by atoms with Gasteiger partial charge < -0.3 is 10.2 Å². The van der Waals surface area contributed by atoms with E-state index in [2.05, 4.69) is 10.3 Å². The van der Waals surface area contributed by atoms with Crippen LogP contribution in [0, 0.1) is 0 Å². The summed E-state index contributed by atoms with van der Waals surface area (Å²) in [5.41, 5.74) is 0.787. The topological polar surface area (TPSA) is 62.3 Å². The van der Waals surface area contributed by atoms with Crippen LogP contribution in [0.5, 0.6) is 0 Å². The number of hydrogen-bond donors (Lipinski definition) is 1. The molecular weight excluding hydrogens is 182 g/mol. The van der Waals surface area contributed by atoms with Gasteiger partial charge in [0.2, 0.25) is 0 Å². The number of amides is 2. The number of aromatic nitrogens is 1. The van der Waals surface area contributed by atoms with Gasteiger partial charge in [-0.25, -0.2) is 0 Å². The highest BCUT2D eigenvalue weighted by molar-refractivity contribution is 5.93. The van der Waals surface area contributed by atoms with E-state index in [0.717, 1.165) is 0 Å². The van der Waals surface area contributed by atoms with E-state index in [9.17, 15) is 9.59 Å². The molecule has 0 aliphatic heterocycles. The van der Waals surface area contributed by atoms with Crippen molar-refractivity contribution in [2.24, 2.45) is 0 Å². The van der Waals surface area contributed by atoms with Crippen LogP contribution in [0.1, 0.15) is 10.5 Å². The van der Waals surface area contributed by atoms with E-state index in [0.29, 0.717) is 5.69 Å². The van der Waals surface area contributed by atoms with E-state index < -0.39 is 0 Å². The fourth-order valence-corrected chi connectivity index (χ4v) is 0.913. The standard InChI is InChI=1S/C9H10N3O2/c1-12(2)9(14)8-5-7(11-6-13)3-4-10-8/h3-5H,1-2H3,(H,10,11,13). The third-order valence-corrected chi connectivity index (χ3v) is 1.58. The SMILES string of the molecule is CN(C)C(=O)c1cc(N[C]=O)ccn1. The third kappa shape index (κ3) is 2.29. The molecular formula is C9H10N3O2. The molecule has 1 rings (SSSR count). The summed E-state index contributed by atoms with van der Waals surface area (Å²) in [6, 6.07) is 3.07. The van der Waals surface area contributed by atoms with Gasteiger partial charge in [0.15, 0.2) is 0 Å². The zero-order chi connectivity index (χ0) is 10.6. The molecule has 14 heavy (non-hydrogen) atoms. The van der Waals surface area contributed by atoms with Crippen LogP contribution >= 0.6 is 0 Å². The minimum absolute atomic E-state index is 0.209. The van der Waals surface area contributed by atoms with Crippen LogP contribution in [0.15, 0.2) is 18.3 Å². The lowest BCUT2D eigenvalue weighted by Gasteiger charge is -2.09. The number of rotatable bonds is 3. The Morgan fingerprint density at radius 3 is 2.86 bits per heavy atom. The molecule has 0 spiro atoms. The number of carbonyl (C=O) groups is 1. The van der Waals surface area contributed by atoms with Crippen molar-refractivity contribution in [1.29, 1.82) is 0 Å². The fourth-order valence-electron chi connectivity index (χ4n) is 0.913. The molecule has 5 heteroatoms. The lowest BCUT2D eigenvalue weighted by Crippen LogP contribution is -2.22. The molecule has 0 aliphatic rings. The number of pyridine rings is 1. The molecule has 0 aliphatic carbocycles. The number of carbonyl (C=O) groups excluding carboxylic acids is 2. The summed E-state index contributed by atoms with van der Waals surface area (Å²) in [6.07, 6.45) is 2.98. The zero-order valence-electron chi connectivity index (χ0n) is 7.94. The quantitative estimate of drug-likeness (QED) is 0.699. The van der Waals surface area contributed by atoms with E-state index in [4.69, 9.17) is 0 Å². The Hall–Kier alpha value is -1.91. The van der Waals surface area contributed by atoms with Crippen LogP contribution in [0.3, 0.4) is 0 Å². The van der Waals surface area contributed by atoms with Crippen molar-refractivity contribution >= 4 is 18.0 Å². The number of nitrogens with zero attached hydrogens (tertiary/aromatic N) is 2. The van der Waals surface area contributed by atoms with Gasteiger partial charge in [-0.3, -0.25) is 14.6 Å². The van der Waals surface area contributed by atoms with Crippen molar-refractivity contribution in [2.45, 2.75) is 0 Å². The Labute approximate surface area is 81.7 Å². The molecule has 0 bridgehead atoms. The van der Waals surface area contributed by atoms with E-state index >= 15 is 0 Å². The minimum atomic E-state index is -0.209. The van der Waals surface area contributed by atoms with E-state index in [1.54, 1.807) is 20.2 Å². The molecule has 73 valence electrons. The number of hydrogen-bond acceptors (Lipinski definition) is 3. The Bertz CT molecular complexity index is 350. The number of anilines is 1. The summed E-state index contributed by atoms with van der Waals surface area (Å²) in [5.74, 6) is -0.209. The zero-order valence-corrected chi connectivity index (χ0v) is 7.94. The van der Waals surface area contributed by atoms with Gasteiger partial charge >= 0.3 is 6.41 Å². The molecule has 0 aromatic carbocycles. The molecule has 1 N–H and O–H groups in total. The van der Waals surface area contributed by atoms with Crippen LogP contribution in [-0.4, -0.2) is 36.3 Å². The second-order valence-electron chi connectivity index (χ2n) is 2.86. The smallest absolute Gasteiger partial charge is 0.314 e. The Kier molecular flexibility index (Phi) is 3.17. The predicted molar refractivity (Wildman–Crippen MR) is 51.6 cm³/mol. The van der Waals surface area contributed by atoms with Crippen molar-refractivity contribution in [3.63, 3.8) is 0 Å². The van der Waals surface area contributed by atoms with E-state index in [1.807, 2.05) is 0 Å². The van der Waals surface area contributed by atoms with Crippen LogP contribution in [0.2, 0.25) is 0 Å². The van der Waals surface area contributed by atoms with Crippen molar-refractivity contribution < 1.29 is 9.59 Å². The van der Waals surface area contributed by atoms with Gasteiger partial charge in [0.05, 0.1) is 0 Å². The van der Waals surface area contributed by atoms with Crippen LogP contribution in [-0.2, 0) is 4.79 Å². The maximum Gasteiger partial charge on any atom is 0.314 e. The Balaban J connectivity index is 2.93. The van der Waals surface area contributed by atoms with Gasteiger partial charge in [-0.2, -0.15) is 0 Å². The van der Waals surface area contributed by atoms with E-state index in [-0.39, 0.29) is 11.6 Å². The highest BCUT2D eigenvalue weighted by Gasteiger charge is 2.09. The van der Waals surface area contributed by atoms with Crippen molar-refractivity contribution in [2.75, 3.05) is 19.4 Å². The summed E-state index contributed by atoms with van der Waals surface area (Å²) < 4.78 is 0. The van der Waals surface area contributed by atoms with Gasteiger partial charge in [0.1, 0.15) is 5.69 Å². The molecule has 0 fully saturated rings. The fraction of sp³-hybridized carbons (Fsp3) is 0.222. The van der Waals surface area contributed by atoms with E-state index in [1.165, 1.54) is 23.6 Å². The summed E-state index contributed by atoms with van der Waals surface area (Å²) in [4.78, 5) is 26.8. The first kappa shape index (κ1) is 10.2. The largest absolute Gasteiger partial charge is 0.343 e. The lowest BCUT2D eigenvalue weighted by molar-refractivity contribution is 0.0822. The molecule has 0 unspecified atom stereocenters. The normalized spacial score (nSPS) is 9.29. The van der Waals surface area contributed by atoms with Gasteiger partial charge in [0.25, 0.3) is 5.91 Å². The third-order valence-electron chi connectivity index (χ3n) is 1.58. The Morgan fingerprint density at radius 1 is 1.57 bits per heavy atom. The second-order valence-corrected chi connectivity index (χ2v) is 2.86. The lowest BCUT2D eigenvalue weighted by atomic mass is 10.3. The molecule has 0 saturated carbocycles. The predicted octanol–water partition coefficient (Wildman–Crippen LogP) is 0.263. The molecule has 1 radical (unpaired) electrons.